The van der Waals surface area contributed by atoms with E-state index in [-0.39, 0.29) is 10.0 Å². The molecule has 0 aliphatic rings. The summed E-state index contributed by atoms with van der Waals surface area (Å²) in [6.45, 7) is 3.21. The topological polar surface area (TPSA) is 17.1 Å². The molecule has 0 aromatic heterocycles. The quantitative estimate of drug-likeness (QED) is 0.594. The Morgan fingerprint density at radius 3 is 2.40 bits per heavy atom. The normalized spacial score (nSPS) is 11.2. The van der Waals surface area contributed by atoms with Crippen LogP contribution in [0.1, 0.15) is 15.9 Å². The first-order chi connectivity index (χ1) is 6.84. The molecular weight excluding hydrogens is 273 g/mol. The Balaban J connectivity index is 3.28. The summed E-state index contributed by atoms with van der Waals surface area (Å²) in [5.74, 6) is -0.540. The fourth-order valence-electron chi connectivity index (χ4n) is 1.01. The molecule has 1 aromatic carbocycles. The van der Waals surface area contributed by atoms with Crippen molar-refractivity contribution < 1.29 is 18.0 Å². The molecule has 1 rings (SSSR count). The minimum atomic E-state index is -4.46. The number of alkyl halides is 3. The van der Waals surface area contributed by atoms with Crippen LogP contribution < -0.4 is 0 Å². The van der Waals surface area contributed by atoms with Crippen molar-refractivity contribution in [2.24, 2.45) is 0 Å². The van der Waals surface area contributed by atoms with Crippen molar-refractivity contribution in [1.29, 1.82) is 0 Å². The standard InChI is InChI=1S/C10H6BrF3O/c1-2-9(15)6-3-7(10(12,13)14)5-8(11)4-6/h2-5H,1H2. The third-order valence-electron chi connectivity index (χ3n) is 1.70. The van der Waals surface area contributed by atoms with Crippen LogP contribution in [0, 0.1) is 0 Å². The molecule has 80 valence electrons. The van der Waals surface area contributed by atoms with Gasteiger partial charge < -0.3 is 0 Å². The monoisotopic (exact) mass is 278 g/mol. The van der Waals surface area contributed by atoms with E-state index in [1.807, 2.05) is 0 Å². The smallest absolute Gasteiger partial charge is 0.289 e. The van der Waals surface area contributed by atoms with Gasteiger partial charge >= 0.3 is 6.18 Å². The Hall–Kier alpha value is -1.10. The maximum Gasteiger partial charge on any atom is 0.416 e. The first kappa shape index (κ1) is 12.0. The number of ketones is 1. The molecule has 0 atom stereocenters. The summed E-state index contributed by atoms with van der Waals surface area (Å²) in [6.07, 6.45) is -3.48. The SMILES string of the molecule is C=CC(=O)c1cc(Br)cc(C(F)(F)F)c1. The Labute approximate surface area is 92.7 Å². The Bertz CT molecular complexity index is 410. The summed E-state index contributed by atoms with van der Waals surface area (Å²) in [5, 5.41) is 0. The van der Waals surface area contributed by atoms with E-state index in [0.29, 0.717) is 0 Å². The van der Waals surface area contributed by atoms with Gasteiger partial charge in [0.05, 0.1) is 5.56 Å². The molecule has 0 aliphatic carbocycles. The average Bonchev–Trinajstić information content (AvgIpc) is 2.14. The Kier molecular flexibility index (Phi) is 3.34. The zero-order valence-corrected chi connectivity index (χ0v) is 9.02. The molecule has 0 aliphatic heterocycles. The van der Waals surface area contributed by atoms with Gasteiger partial charge in [-0.05, 0) is 24.3 Å². The van der Waals surface area contributed by atoms with Crippen molar-refractivity contribution in [2.75, 3.05) is 0 Å². The lowest BCUT2D eigenvalue weighted by Gasteiger charge is -2.08. The second-order valence-electron chi connectivity index (χ2n) is 2.79. The zero-order valence-electron chi connectivity index (χ0n) is 7.44. The van der Waals surface area contributed by atoms with Crippen LogP contribution in [0.2, 0.25) is 0 Å². The molecule has 0 bridgehead atoms. The third-order valence-corrected chi connectivity index (χ3v) is 2.15. The molecular formula is C10H6BrF3O. The van der Waals surface area contributed by atoms with Gasteiger partial charge in [0.25, 0.3) is 0 Å². The molecule has 0 radical (unpaired) electrons. The lowest BCUT2D eigenvalue weighted by molar-refractivity contribution is -0.137. The highest BCUT2D eigenvalue weighted by atomic mass is 79.9. The Morgan fingerprint density at radius 2 is 1.93 bits per heavy atom. The van der Waals surface area contributed by atoms with Crippen LogP contribution in [0.5, 0.6) is 0 Å². The van der Waals surface area contributed by atoms with Gasteiger partial charge in [0.1, 0.15) is 0 Å². The predicted octanol–water partition coefficient (Wildman–Crippen LogP) is 3.84. The first-order valence-corrected chi connectivity index (χ1v) is 4.68. The van der Waals surface area contributed by atoms with Crippen molar-refractivity contribution in [3.8, 4) is 0 Å². The van der Waals surface area contributed by atoms with Gasteiger partial charge in [0, 0.05) is 10.0 Å². The third kappa shape index (κ3) is 2.92. The average molecular weight is 279 g/mol. The lowest BCUT2D eigenvalue weighted by Crippen LogP contribution is -2.07. The summed E-state index contributed by atoms with van der Waals surface area (Å²) in [5.41, 5.74) is -0.895. The highest BCUT2D eigenvalue weighted by Crippen LogP contribution is 2.32. The summed E-state index contributed by atoms with van der Waals surface area (Å²) < 4.78 is 37.3. The minimum absolute atomic E-state index is 0.0355. The van der Waals surface area contributed by atoms with E-state index < -0.39 is 17.5 Å². The molecule has 0 saturated heterocycles. The van der Waals surface area contributed by atoms with Gasteiger partial charge in [-0.2, -0.15) is 13.2 Å². The van der Waals surface area contributed by atoms with Gasteiger partial charge in [-0.15, -0.1) is 0 Å². The largest absolute Gasteiger partial charge is 0.416 e. The van der Waals surface area contributed by atoms with Crippen molar-refractivity contribution in [2.45, 2.75) is 6.18 Å². The first-order valence-electron chi connectivity index (χ1n) is 3.89. The molecule has 0 fully saturated rings. The molecule has 0 spiro atoms. The van der Waals surface area contributed by atoms with Gasteiger partial charge in [-0.3, -0.25) is 4.79 Å². The molecule has 1 nitrogen and oxygen atoms in total. The number of rotatable bonds is 2. The molecule has 15 heavy (non-hydrogen) atoms. The van der Waals surface area contributed by atoms with E-state index in [1.165, 1.54) is 6.07 Å². The van der Waals surface area contributed by atoms with Crippen LogP contribution in [0.4, 0.5) is 13.2 Å². The summed E-state index contributed by atoms with van der Waals surface area (Å²) in [6, 6.07) is 3.04. The number of allylic oxidation sites excluding steroid dienone is 1. The van der Waals surface area contributed by atoms with Crippen LogP contribution in [-0.2, 0) is 6.18 Å². The van der Waals surface area contributed by atoms with E-state index in [2.05, 4.69) is 22.5 Å². The van der Waals surface area contributed by atoms with E-state index >= 15 is 0 Å². The maximum atomic E-state index is 12.4. The van der Waals surface area contributed by atoms with Gasteiger partial charge in [-0.1, -0.05) is 22.5 Å². The van der Waals surface area contributed by atoms with Crippen LogP contribution >= 0.6 is 15.9 Å². The highest BCUT2D eigenvalue weighted by molar-refractivity contribution is 9.10. The summed E-state index contributed by atoms with van der Waals surface area (Å²) >= 11 is 2.92. The Morgan fingerprint density at radius 1 is 1.33 bits per heavy atom. The number of hydrogen-bond donors (Lipinski definition) is 0. The molecule has 0 amide bonds. The zero-order chi connectivity index (χ0) is 11.6. The molecule has 0 heterocycles. The summed E-state index contributed by atoms with van der Waals surface area (Å²) in [7, 11) is 0. The molecule has 0 N–H and O–H groups in total. The van der Waals surface area contributed by atoms with Gasteiger partial charge in [0.15, 0.2) is 5.78 Å². The second kappa shape index (κ2) is 4.18. The van der Waals surface area contributed by atoms with Crippen LogP contribution in [0.15, 0.2) is 35.3 Å². The van der Waals surface area contributed by atoms with E-state index in [9.17, 15) is 18.0 Å². The predicted molar refractivity (Wildman–Crippen MR) is 53.7 cm³/mol. The number of benzene rings is 1. The fraction of sp³-hybridized carbons (Fsp3) is 0.100. The van der Waals surface area contributed by atoms with Crippen molar-refractivity contribution in [1.82, 2.24) is 0 Å². The van der Waals surface area contributed by atoms with E-state index in [4.69, 9.17) is 0 Å². The van der Waals surface area contributed by atoms with Crippen molar-refractivity contribution >= 4 is 21.7 Å². The number of carbonyl (C=O) groups excluding carboxylic acids is 1. The molecule has 0 saturated carbocycles. The maximum absolute atomic E-state index is 12.4. The van der Waals surface area contributed by atoms with E-state index in [0.717, 1.165) is 18.2 Å². The fourth-order valence-corrected chi connectivity index (χ4v) is 1.51. The minimum Gasteiger partial charge on any atom is -0.289 e. The highest BCUT2D eigenvalue weighted by Gasteiger charge is 2.31. The number of hydrogen-bond acceptors (Lipinski definition) is 1. The van der Waals surface area contributed by atoms with Crippen LogP contribution in [-0.4, -0.2) is 5.78 Å². The van der Waals surface area contributed by atoms with Gasteiger partial charge in [0.2, 0.25) is 0 Å². The van der Waals surface area contributed by atoms with Crippen molar-refractivity contribution in [3.63, 3.8) is 0 Å². The van der Waals surface area contributed by atoms with Gasteiger partial charge in [-0.25, -0.2) is 0 Å². The van der Waals surface area contributed by atoms with E-state index in [1.54, 1.807) is 0 Å². The molecule has 5 heteroatoms. The lowest BCUT2D eigenvalue weighted by atomic mass is 10.1. The molecule has 0 unspecified atom stereocenters. The summed E-state index contributed by atoms with van der Waals surface area (Å²) in [4.78, 5) is 11.1. The number of halogens is 4. The second-order valence-corrected chi connectivity index (χ2v) is 3.71. The van der Waals surface area contributed by atoms with Crippen LogP contribution in [0.25, 0.3) is 0 Å². The molecule has 1 aromatic rings. The number of carbonyl (C=O) groups is 1. The van der Waals surface area contributed by atoms with Crippen LogP contribution in [0.3, 0.4) is 0 Å². The van der Waals surface area contributed by atoms with Crippen molar-refractivity contribution in [3.05, 3.63) is 46.5 Å².